The molecule has 1 aromatic rings. The fraction of sp³-hybridized carbons (Fsp3) is 0.364. The highest BCUT2D eigenvalue weighted by Gasteiger charge is 2.24. The Labute approximate surface area is 104 Å². The number of hydrogen-bond acceptors (Lipinski definition) is 3. The summed E-state index contributed by atoms with van der Waals surface area (Å²) in [6, 6.07) is 4.06. The van der Waals surface area contributed by atoms with E-state index in [1.807, 2.05) is 0 Å². The zero-order valence-electron chi connectivity index (χ0n) is 9.59. The van der Waals surface area contributed by atoms with Gasteiger partial charge in [0.1, 0.15) is 5.82 Å². The lowest BCUT2D eigenvalue weighted by Gasteiger charge is -2.25. The first-order valence-corrected chi connectivity index (χ1v) is 5.33. The molecule has 3 N–H and O–H groups in total. The second-order valence-electron chi connectivity index (χ2n) is 4.25. The number of hydrogen-bond donors (Lipinski definition) is 2. The van der Waals surface area contributed by atoms with E-state index in [1.165, 1.54) is 18.2 Å². The van der Waals surface area contributed by atoms with Gasteiger partial charge in [0.2, 0.25) is 0 Å². The first kappa shape index (κ1) is 13.9. The molecular formula is C11H14ClFN2O2. The maximum Gasteiger partial charge on any atom is 0.256 e. The Morgan fingerprint density at radius 3 is 2.76 bits per heavy atom. The molecule has 6 heteroatoms. The minimum absolute atomic E-state index is 0.0620. The molecule has 0 atom stereocenters. The third-order valence-electron chi connectivity index (χ3n) is 2.09. The van der Waals surface area contributed by atoms with Crippen molar-refractivity contribution in [3.8, 4) is 0 Å². The van der Waals surface area contributed by atoms with Crippen LogP contribution in [-0.4, -0.2) is 18.1 Å². The molecule has 0 unspecified atom stereocenters. The van der Waals surface area contributed by atoms with Crippen LogP contribution in [0.25, 0.3) is 0 Å². The molecule has 17 heavy (non-hydrogen) atoms. The fourth-order valence-corrected chi connectivity index (χ4v) is 1.58. The number of carbonyl (C=O) groups excluding carboxylic acids is 1. The van der Waals surface area contributed by atoms with Crippen LogP contribution in [0, 0.1) is 5.82 Å². The summed E-state index contributed by atoms with van der Waals surface area (Å²) >= 11 is 5.77. The number of carbonyl (C=O) groups is 1. The van der Waals surface area contributed by atoms with Crippen molar-refractivity contribution in [2.75, 3.05) is 6.61 Å². The van der Waals surface area contributed by atoms with Gasteiger partial charge >= 0.3 is 0 Å². The predicted molar refractivity (Wildman–Crippen MR) is 63.1 cm³/mol. The van der Waals surface area contributed by atoms with Gasteiger partial charge < -0.3 is 10.2 Å². The van der Waals surface area contributed by atoms with Crippen LogP contribution in [0.15, 0.2) is 18.2 Å². The molecule has 1 amide bonds. The van der Waals surface area contributed by atoms with Crippen molar-refractivity contribution in [3.05, 3.63) is 34.6 Å². The lowest BCUT2D eigenvalue weighted by Crippen LogP contribution is -2.47. The average Bonchev–Trinajstić information content (AvgIpc) is 2.15. The number of benzene rings is 1. The predicted octanol–water partition coefficient (Wildman–Crippen LogP) is 1.88. The lowest BCUT2D eigenvalue weighted by molar-refractivity contribution is 0.0685. The van der Waals surface area contributed by atoms with Crippen LogP contribution in [0.4, 0.5) is 4.39 Å². The van der Waals surface area contributed by atoms with Crippen LogP contribution in [0.3, 0.4) is 0 Å². The third kappa shape index (κ3) is 3.66. The van der Waals surface area contributed by atoms with Gasteiger partial charge in [0.15, 0.2) is 0 Å². The van der Waals surface area contributed by atoms with E-state index in [-0.39, 0.29) is 17.2 Å². The number of nitrogens with two attached hydrogens (primary N) is 1. The Balaban J connectivity index is 2.91. The van der Waals surface area contributed by atoms with E-state index >= 15 is 0 Å². The fourth-order valence-electron chi connectivity index (χ4n) is 1.33. The molecule has 0 fully saturated rings. The Hall–Kier alpha value is -1.17. The summed E-state index contributed by atoms with van der Waals surface area (Å²) in [6.45, 7) is 3.50. The van der Waals surface area contributed by atoms with Crippen LogP contribution in [0.2, 0.25) is 5.02 Å². The second-order valence-corrected chi connectivity index (χ2v) is 4.65. The van der Waals surface area contributed by atoms with Crippen molar-refractivity contribution in [2.45, 2.75) is 19.4 Å². The SMILES string of the molecule is CC(C)(CON)NC(=O)c1c(F)cccc1Cl. The van der Waals surface area contributed by atoms with Crippen molar-refractivity contribution in [1.82, 2.24) is 5.32 Å². The van der Waals surface area contributed by atoms with Gasteiger partial charge in [-0.15, -0.1) is 0 Å². The summed E-state index contributed by atoms with van der Waals surface area (Å²) in [6.07, 6.45) is 0. The van der Waals surface area contributed by atoms with E-state index in [0.717, 1.165) is 0 Å². The lowest BCUT2D eigenvalue weighted by atomic mass is 10.1. The first-order chi connectivity index (χ1) is 7.87. The topological polar surface area (TPSA) is 64.3 Å². The molecule has 0 aliphatic rings. The maximum absolute atomic E-state index is 13.5. The molecule has 0 saturated heterocycles. The third-order valence-corrected chi connectivity index (χ3v) is 2.40. The molecule has 0 saturated carbocycles. The summed E-state index contributed by atoms with van der Waals surface area (Å²) in [7, 11) is 0. The Morgan fingerprint density at radius 2 is 2.24 bits per heavy atom. The van der Waals surface area contributed by atoms with Crippen molar-refractivity contribution in [2.24, 2.45) is 5.90 Å². The Morgan fingerprint density at radius 1 is 1.59 bits per heavy atom. The maximum atomic E-state index is 13.5. The molecule has 0 aliphatic heterocycles. The van der Waals surface area contributed by atoms with Gasteiger partial charge in [0.25, 0.3) is 5.91 Å². The summed E-state index contributed by atoms with van der Waals surface area (Å²) in [5.41, 5.74) is -0.892. The summed E-state index contributed by atoms with van der Waals surface area (Å²) < 4.78 is 13.5. The van der Waals surface area contributed by atoms with Gasteiger partial charge in [-0.05, 0) is 26.0 Å². The average molecular weight is 261 g/mol. The molecule has 1 rings (SSSR count). The minimum Gasteiger partial charge on any atom is -0.345 e. The first-order valence-electron chi connectivity index (χ1n) is 4.95. The highest BCUT2D eigenvalue weighted by atomic mass is 35.5. The van der Waals surface area contributed by atoms with Gasteiger partial charge in [-0.2, -0.15) is 0 Å². The zero-order valence-corrected chi connectivity index (χ0v) is 10.3. The van der Waals surface area contributed by atoms with E-state index in [9.17, 15) is 9.18 Å². The molecule has 0 bridgehead atoms. The van der Waals surface area contributed by atoms with Gasteiger partial charge in [-0.25, -0.2) is 10.3 Å². The molecule has 0 radical (unpaired) electrons. The summed E-state index contributed by atoms with van der Waals surface area (Å²) in [5.74, 6) is 3.67. The van der Waals surface area contributed by atoms with E-state index in [2.05, 4.69) is 10.2 Å². The molecule has 0 heterocycles. The highest BCUT2D eigenvalue weighted by molar-refractivity contribution is 6.33. The molecule has 1 aromatic carbocycles. The van der Waals surface area contributed by atoms with Crippen molar-refractivity contribution in [3.63, 3.8) is 0 Å². The monoisotopic (exact) mass is 260 g/mol. The largest absolute Gasteiger partial charge is 0.345 e. The van der Waals surface area contributed by atoms with Gasteiger partial charge in [-0.1, -0.05) is 17.7 Å². The van der Waals surface area contributed by atoms with Crippen LogP contribution in [-0.2, 0) is 4.84 Å². The van der Waals surface area contributed by atoms with E-state index in [1.54, 1.807) is 13.8 Å². The number of halogens is 2. The molecule has 4 nitrogen and oxygen atoms in total. The van der Waals surface area contributed by atoms with E-state index in [4.69, 9.17) is 17.5 Å². The molecule has 94 valence electrons. The quantitative estimate of drug-likeness (QED) is 0.813. The molecule has 0 aliphatic carbocycles. The second kappa shape index (κ2) is 5.44. The molecular weight excluding hydrogens is 247 g/mol. The molecule has 0 aromatic heterocycles. The van der Waals surface area contributed by atoms with E-state index in [0.29, 0.717) is 0 Å². The number of nitrogens with one attached hydrogen (secondary N) is 1. The van der Waals surface area contributed by atoms with Gasteiger partial charge in [0, 0.05) is 0 Å². The Kier molecular flexibility index (Phi) is 4.45. The van der Waals surface area contributed by atoms with Gasteiger partial charge in [0.05, 0.1) is 22.7 Å². The van der Waals surface area contributed by atoms with E-state index < -0.39 is 17.3 Å². The summed E-state index contributed by atoms with van der Waals surface area (Å²) in [4.78, 5) is 16.3. The number of amides is 1. The standard InChI is InChI=1S/C11H14ClFN2O2/c1-11(2,6-17-14)15-10(16)9-7(12)4-3-5-8(9)13/h3-5H,6,14H2,1-2H3,(H,15,16). The van der Waals surface area contributed by atoms with Crippen LogP contribution < -0.4 is 11.2 Å². The normalized spacial score (nSPS) is 11.4. The zero-order chi connectivity index (χ0) is 13.1. The highest BCUT2D eigenvalue weighted by Crippen LogP contribution is 2.19. The Bertz CT molecular complexity index is 404. The van der Waals surface area contributed by atoms with Crippen molar-refractivity contribution < 1.29 is 14.0 Å². The van der Waals surface area contributed by atoms with Crippen LogP contribution in [0.5, 0.6) is 0 Å². The van der Waals surface area contributed by atoms with Crippen molar-refractivity contribution in [1.29, 1.82) is 0 Å². The minimum atomic E-state index is -0.711. The smallest absolute Gasteiger partial charge is 0.256 e. The van der Waals surface area contributed by atoms with Gasteiger partial charge in [-0.3, -0.25) is 4.79 Å². The van der Waals surface area contributed by atoms with Crippen LogP contribution >= 0.6 is 11.6 Å². The van der Waals surface area contributed by atoms with Crippen LogP contribution in [0.1, 0.15) is 24.2 Å². The number of rotatable bonds is 4. The molecule has 0 spiro atoms. The summed E-state index contributed by atoms with van der Waals surface area (Å²) in [5, 5.41) is 2.65. The van der Waals surface area contributed by atoms with Crippen molar-refractivity contribution >= 4 is 17.5 Å².